The summed E-state index contributed by atoms with van der Waals surface area (Å²) in [6, 6.07) is -1.53. The van der Waals surface area contributed by atoms with Gasteiger partial charge in [-0.15, -0.1) is 0 Å². The molecule has 1 aliphatic carbocycles. The highest BCUT2D eigenvalue weighted by Crippen LogP contribution is 2.41. The summed E-state index contributed by atoms with van der Waals surface area (Å²) < 4.78 is 4.57. The highest BCUT2D eigenvalue weighted by Gasteiger charge is 2.42. The molecule has 2 fully saturated rings. The number of carbonyl (C=O) groups is 4. The number of carboxylic acid groups (broad SMARTS) is 1. The van der Waals surface area contributed by atoms with Gasteiger partial charge in [0.05, 0.1) is 13.0 Å². The molecule has 1 saturated heterocycles. The summed E-state index contributed by atoms with van der Waals surface area (Å²) >= 11 is 0. The van der Waals surface area contributed by atoms with Crippen molar-refractivity contribution in [1.82, 2.24) is 10.2 Å². The fourth-order valence-electron chi connectivity index (χ4n) is 3.40. The first kappa shape index (κ1) is 23.7. The number of rotatable bonds is 5. The molecule has 1 heterocycles. The lowest BCUT2D eigenvalue weighted by atomic mass is 9.85. The second-order valence-corrected chi connectivity index (χ2v) is 8.37. The highest BCUT2D eigenvalue weighted by molar-refractivity contribution is 5.91. The molecule has 9 nitrogen and oxygen atoms in total. The minimum atomic E-state index is -1.26. The van der Waals surface area contributed by atoms with E-state index in [1.165, 1.54) is 12.0 Å². The molecule has 0 aromatic rings. The Hall–Kier alpha value is -2.32. The minimum absolute atomic E-state index is 0. The molecular weight excluding hydrogens is 366 g/mol. The lowest BCUT2D eigenvalue weighted by molar-refractivity contribution is -0.142. The fourth-order valence-corrected chi connectivity index (χ4v) is 3.40. The maximum Gasteiger partial charge on any atom is 0.405 e. The topological polar surface area (TPSA) is 139 Å². The van der Waals surface area contributed by atoms with E-state index in [1.807, 2.05) is 0 Å². The molecule has 2 aliphatic rings. The smallest absolute Gasteiger partial charge is 0.405 e. The van der Waals surface area contributed by atoms with Gasteiger partial charge >= 0.3 is 12.1 Å². The standard InChI is InChI=1S/C12H21N3O4.C7H12O2.2H2/c1-12(2,3)8(14-11(18)19)10(17)15-6-4-5-7(15)9(13)16;1-3-5-4-6(5)7(8)9-2;;/h7-8,14H,4-6H2,1-3H3,(H2,13,16)(H,18,19);5-6H,3-4H2,1-2H3;2*1H/t7-,8+;5-,6+;;/m01../s1. The molecule has 1 aliphatic heterocycles. The zero-order valence-corrected chi connectivity index (χ0v) is 17.4. The van der Waals surface area contributed by atoms with Crippen LogP contribution in [0.5, 0.6) is 0 Å². The largest absolute Gasteiger partial charge is 0.469 e. The number of hydrogen-bond acceptors (Lipinski definition) is 5. The van der Waals surface area contributed by atoms with Crippen LogP contribution in [-0.2, 0) is 19.1 Å². The van der Waals surface area contributed by atoms with Gasteiger partial charge in [-0.25, -0.2) is 4.79 Å². The van der Waals surface area contributed by atoms with Crippen LogP contribution in [0.4, 0.5) is 4.79 Å². The van der Waals surface area contributed by atoms with Crippen molar-refractivity contribution in [1.29, 1.82) is 0 Å². The van der Waals surface area contributed by atoms with Crippen LogP contribution < -0.4 is 11.1 Å². The average Bonchev–Trinajstić information content (AvgIpc) is 3.23. The lowest BCUT2D eigenvalue weighted by Gasteiger charge is -2.34. The van der Waals surface area contributed by atoms with Gasteiger partial charge in [0.15, 0.2) is 0 Å². The molecular formula is C19H37N3O6. The van der Waals surface area contributed by atoms with Gasteiger partial charge in [0.2, 0.25) is 11.8 Å². The summed E-state index contributed by atoms with van der Waals surface area (Å²) in [5.41, 5.74) is 4.68. The van der Waals surface area contributed by atoms with Gasteiger partial charge in [-0.3, -0.25) is 14.4 Å². The lowest BCUT2D eigenvalue weighted by Crippen LogP contribution is -2.57. The third-order valence-electron chi connectivity index (χ3n) is 5.20. The molecule has 4 atom stereocenters. The first-order valence-electron chi connectivity index (χ1n) is 9.61. The maximum atomic E-state index is 12.4. The quantitative estimate of drug-likeness (QED) is 0.599. The van der Waals surface area contributed by atoms with Crippen LogP contribution in [0.2, 0.25) is 0 Å². The number of esters is 1. The van der Waals surface area contributed by atoms with E-state index >= 15 is 0 Å². The van der Waals surface area contributed by atoms with Crippen LogP contribution in [0.3, 0.4) is 0 Å². The molecule has 0 aromatic carbocycles. The summed E-state index contributed by atoms with van der Waals surface area (Å²) in [6.45, 7) is 7.83. The van der Waals surface area contributed by atoms with Crippen LogP contribution in [-0.4, -0.2) is 59.6 Å². The van der Waals surface area contributed by atoms with Crippen molar-refractivity contribution in [3.63, 3.8) is 0 Å². The first-order chi connectivity index (χ1) is 12.9. The normalized spacial score (nSPS) is 24.5. The fraction of sp³-hybridized carbons (Fsp3) is 0.789. The molecule has 9 heteroatoms. The Morgan fingerprint density at radius 1 is 1.32 bits per heavy atom. The van der Waals surface area contributed by atoms with Gasteiger partial charge in [0, 0.05) is 9.40 Å². The predicted molar refractivity (Wildman–Crippen MR) is 106 cm³/mol. The summed E-state index contributed by atoms with van der Waals surface area (Å²) in [4.78, 5) is 46.7. The molecule has 28 heavy (non-hydrogen) atoms. The number of ether oxygens (including phenoxy) is 1. The second-order valence-electron chi connectivity index (χ2n) is 8.37. The molecule has 3 amide bonds. The predicted octanol–water partition coefficient (Wildman–Crippen LogP) is 1.84. The van der Waals surface area contributed by atoms with Crippen LogP contribution in [0, 0.1) is 17.3 Å². The van der Waals surface area contributed by atoms with Crippen molar-refractivity contribution in [2.24, 2.45) is 23.0 Å². The molecule has 0 aromatic heterocycles. The van der Waals surface area contributed by atoms with Gasteiger partial charge in [0.25, 0.3) is 0 Å². The minimum Gasteiger partial charge on any atom is -0.469 e. The third-order valence-corrected chi connectivity index (χ3v) is 5.20. The Kier molecular flexibility index (Phi) is 8.26. The van der Waals surface area contributed by atoms with E-state index < -0.39 is 35.4 Å². The van der Waals surface area contributed by atoms with E-state index in [4.69, 9.17) is 10.8 Å². The number of carbonyl (C=O) groups excluding carboxylic acids is 3. The first-order valence-corrected chi connectivity index (χ1v) is 9.61. The van der Waals surface area contributed by atoms with Gasteiger partial charge in [0.1, 0.15) is 12.1 Å². The van der Waals surface area contributed by atoms with E-state index in [0.29, 0.717) is 25.3 Å². The van der Waals surface area contributed by atoms with Gasteiger partial charge in [-0.1, -0.05) is 34.1 Å². The van der Waals surface area contributed by atoms with E-state index in [2.05, 4.69) is 17.0 Å². The van der Waals surface area contributed by atoms with E-state index in [-0.39, 0.29) is 14.7 Å². The number of primary amides is 1. The van der Waals surface area contributed by atoms with Crippen LogP contribution in [0.25, 0.3) is 0 Å². The maximum absolute atomic E-state index is 12.4. The summed E-state index contributed by atoms with van der Waals surface area (Å²) in [5, 5.41) is 11.1. The number of amides is 3. The van der Waals surface area contributed by atoms with Gasteiger partial charge < -0.3 is 25.8 Å². The molecule has 0 spiro atoms. The van der Waals surface area contributed by atoms with E-state index in [1.54, 1.807) is 20.8 Å². The Labute approximate surface area is 168 Å². The molecule has 1 saturated carbocycles. The number of hydrogen-bond donors (Lipinski definition) is 3. The van der Waals surface area contributed by atoms with Crippen LogP contribution in [0.15, 0.2) is 0 Å². The van der Waals surface area contributed by atoms with E-state index in [0.717, 1.165) is 12.8 Å². The molecule has 0 bridgehead atoms. The second kappa shape index (κ2) is 9.75. The number of likely N-dealkylation sites (tertiary alicyclic amines) is 1. The Balaban J connectivity index is 0. The highest BCUT2D eigenvalue weighted by atomic mass is 16.5. The summed E-state index contributed by atoms with van der Waals surface area (Å²) in [5.74, 6) is -0.107. The molecule has 2 rings (SSSR count). The molecule has 0 radical (unpaired) electrons. The SMILES string of the molecule is CC(C)(C)[C@H](NC(=O)O)C(=O)N1CCC[C@H]1C(N)=O.CC[C@@H]1C[C@@H]1C(=O)OC.[HH].[HH]. The van der Waals surface area contributed by atoms with Crippen LogP contribution in [0.1, 0.15) is 56.2 Å². The van der Waals surface area contributed by atoms with Crippen molar-refractivity contribution in [2.75, 3.05) is 13.7 Å². The summed E-state index contributed by atoms with van der Waals surface area (Å²) in [7, 11) is 1.45. The molecule has 0 unspecified atom stereocenters. The van der Waals surface area contributed by atoms with Gasteiger partial charge in [-0.05, 0) is 30.6 Å². The monoisotopic (exact) mass is 403 g/mol. The van der Waals surface area contributed by atoms with Crippen LogP contribution >= 0.6 is 0 Å². The zero-order chi connectivity index (χ0) is 21.6. The van der Waals surface area contributed by atoms with Crippen molar-refractivity contribution in [2.45, 2.75) is 65.5 Å². The molecule has 164 valence electrons. The number of methoxy groups -OCH3 is 1. The van der Waals surface area contributed by atoms with Crippen molar-refractivity contribution in [3.8, 4) is 0 Å². The number of nitrogens with zero attached hydrogens (tertiary/aromatic N) is 1. The Morgan fingerprint density at radius 3 is 2.32 bits per heavy atom. The van der Waals surface area contributed by atoms with E-state index in [9.17, 15) is 19.2 Å². The Bertz CT molecular complexity index is 612. The average molecular weight is 404 g/mol. The third kappa shape index (κ3) is 6.38. The van der Waals surface area contributed by atoms with Crippen molar-refractivity contribution < 1.29 is 31.9 Å². The van der Waals surface area contributed by atoms with Gasteiger partial charge in [-0.2, -0.15) is 0 Å². The summed E-state index contributed by atoms with van der Waals surface area (Å²) in [6.07, 6.45) is 2.13. The molecule has 4 N–H and O–H groups in total. The van der Waals surface area contributed by atoms with Crippen molar-refractivity contribution in [3.05, 3.63) is 0 Å². The zero-order valence-electron chi connectivity index (χ0n) is 17.4. The number of nitrogens with two attached hydrogens (primary N) is 1. The Morgan fingerprint density at radius 2 is 1.93 bits per heavy atom. The number of nitrogens with one attached hydrogen (secondary N) is 1. The van der Waals surface area contributed by atoms with Crippen molar-refractivity contribution >= 4 is 23.9 Å².